The Bertz CT molecular complexity index is 947. The maximum absolute atomic E-state index is 10.9. The summed E-state index contributed by atoms with van der Waals surface area (Å²) in [6, 6.07) is 7.95. The van der Waals surface area contributed by atoms with Crippen molar-refractivity contribution < 1.29 is 9.90 Å². The molecule has 2 aromatic rings. The molecule has 0 radical (unpaired) electrons. The van der Waals surface area contributed by atoms with Crippen LogP contribution in [0.3, 0.4) is 0 Å². The van der Waals surface area contributed by atoms with Gasteiger partial charge in [0, 0.05) is 0 Å². The molecule has 3 nitrogen and oxygen atoms in total. The molecule has 0 saturated carbocycles. The van der Waals surface area contributed by atoms with E-state index < -0.39 is 5.97 Å². The summed E-state index contributed by atoms with van der Waals surface area (Å²) in [5.41, 5.74) is 5.47. The zero-order valence-electron chi connectivity index (χ0n) is 16.5. The van der Waals surface area contributed by atoms with Crippen LogP contribution in [-0.2, 0) is 10.8 Å². The number of carboxylic acids is 1. The van der Waals surface area contributed by atoms with Gasteiger partial charge in [-0.25, -0.2) is 0 Å². The molecule has 1 aliphatic carbocycles. The average Bonchev–Trinajstić information content (AvgIpc) is 2.60. The molecular formula is C23H25NO2Se. The topological polar surface area (TPSA) is 50.2 Å². The number of hydrogen-bond acceptors (Lipinski definition) is 2. The molecule has 0 amide bonds. The fraction of sp³-hybridized carbons (Fsp3) is 0.391. The molecule has 1 N–H and O–H groups in total. The Hall–Kier alpha value is -2.08. The molecule has 0 saturated heterocycles. The molecule has 0 fully saturated rings. The van der Waals surface area contributed by atoms with Crippen molar-refractivity contribution in [3.05, 3.63) is 58.4 Å². The minimum absolute atomic E-state index is 0.0317. The van der Waals surface area contributed by atoms with Crippen LogP contribution in [0.4, 0.5) is 0 Å². The van der Waals surface area contributed by atoms with Crippen molar-refractivity contribution in [2.75, 3.05) is 0 Å². The first-order chi connectivity index (χ1) is 12.6. The van der Waals surface area contributed by atoms with Gasteiger partial charge in [-0.2, -0.15) is 0 Å². The van der Waals surface area contributed by atoms with Gasteiger partial charge in [0.05, 0.1) is 0 Å². The summed E-state index contributed by atoms with van der Waals surface area (Å²) in [6.07, 6.45) is 3.77. The fourth-order valence-electron chi connectivity index (χ4n) is 3.54. The van der Waals surface area contributed by atoms with Crippen molar-refractivity contribution in [1.82, 2.24) is 4.98 Å². The van der Waals surface area contributed by atoms with Crippen molar-refractivity contribution in [2.45, 2.75) is 58.3 Å². The fourth-order valence-corrected chi connectivity index (χ4v) is 4.93. The van der Waals surface area contributed by atoms with Gasteiger partial charge in [0.15, 0.2) is 0 Å². The van der Waals surface area contributed by atoms with Gasteiger partial charge in [-0.05, 0) is 0 Å². The van der Waals surface area contributed by atoms with E-state index in [1.54, 1.807) is 12.1 Å². The number of aryl methyl sites for hydroxylation is 1. The minimum atomic E-state index is -0.971. The first kappa shape index (κ1) is 19.7. The monoisotopic (exact) mass is 427 g/mol. The second kappa shape index (κ2) is 7.15. The standard InChI is InChI=1S/C23H25NO2Se/c1-15-12-18-19(23(4,5)10-9-22(18,2)3)13-20(15)27-11-8-17-7-6-16(14-24-17)21(25)26/h6-7,12-14H,9-10H2,1-5H3,(H,25,26). The van der Waals surface area contributed by atoms with E-state index in [0.29, 0.717) is 5.69 Å². The molecule has 1 aromatic carbocycles. The van der Waals surface area contributed by atoms with E-state index in [1.165, 1.54) is 40.2 Å². The number of carbonyl (C=O) groups is 1. The molecule has 140 valence electrons. The summed E-state index contributed by atoms with van der Waals surface area (Å²) in [6.45, 7) is 11.5. The molecule has 0 spiro atoms. The quantitative estimate of drug-likeness (QED) is 0.588. The molecular weight excluding hydrogens is 401 g/mol. The molecule has 0 aliphatic heterocycles. The molecule has 4 heteroatoms. The van der Waals surface area contributed by atoms with Crippen LogP contribution in [0.5, 0.6) is 0 Å². The summed E-state index contributed by atoms with van der Waals surface area (Å²) in [4.78, 5) is 18.3. The van der Waals surface area contributed by atoms with Crippen LogP contribution in [0.15, 0.2) is 30.5 Å². The van der Waals surface area contributed by atoms with Crippen LogP contribution >= 0.6 is 0 Å². The van der Waals surface area contributed by atoms with Gasteiger partial charge in [0.25, 0.3) is 0 Å². The van der Waals surface area contributed by atoms with Gasteiger partial charge in [0.2, 0.25) is 0 Å². The predicted molar refractivity (Wildman–Crippen MR) is 110 cm³/mol. The molecule has 27 heavy (non-hydrogen) atoms. The van der Waals surface area contributed by atoms with Crippen LogP contribution in [0.1, 0.15) is 73.3 Å². The van der Waals surface area contributed by atoms with Crippen molar-refractivity contribution in [3.8, 4) is 10.7 Å². The number of fused-ring (bicyclic) bond motifs is 1. The first-order valence-corrected chi connectivity index (χ1v) is 10.8. The van der Waals surface area contributed by atoms with Gasteiger partial charge in [-0.1, -0.05) is 0 Å². The summed E-state index contributed by atoms with van der Waals surface area (Å²) < 4.78 is 1.32. The van der Waals surface area contributed by atoms with Crippen molar-refractivity contribution in [3.63, 3.8) is 0 Å². The second-order valence-electron chi connectivity index (χ2n) is 8.50. The van der Waals surface area contributed by atoms with E-state index >= 15 is 0 Å². The number of pyridine rings is 1. The Morgan fingerprint density at radius 2 is 1.74 bits per heavy atom. The van der Waals surface area contributed by atoms with Crippen molar-refractivity contribution >= 4 is 25.4 Å². The SMILES string of the molecule is Cc1cc2c(cc1[Se]C#Cc1ccc(C(=O)O)cn1)C(C)(C)CCC2(C)C. The van der Waals surface area contributed by atoms with Crippen LogP contribution in [0, 0.1) is 17.7 Å². The summed E-state index contributed by atoms with van der Waals surface area (Å²) in [7, 11) is 0. The predicted octanol–water partition coefficient (Wildman–Crippen LogP) is 3.78. The summed E-state index contributed by atoms with van der Waals surface area (Å²) >= 11 is 0.0317. The molecule has 3 rings (SSSR count). The normalized spacial score (nSPS) is 16.8. The summed E-state index contributed by atoms with van der Waals surface area (Å²) in [5.74, 6) is 2.11. The number of benzene rings is 1. The van der Waals surface area contributed by atoms with E-state index in [9.17, 15) is 4.79 Å². The Kier molecular flexibility index (Phi) is 5.21. The molecule has 0 bridgehead atoms. The number of rotatable bonds is 2. The van der Waals surface area contributed by atoms with Gasteiger partial charge in [0.1, 0.15) is 0 Å². The number of hydrogen-bond donors (Lipinski definition) is 1. The average molecular weight is 426 g/mol. The molecule has 1 aliphatic rings. The Labute approximate surface area is 167 Å². The van der Waals surface area contributed by atoms with Crippen LogP contribution < -0.4 is 4.46 Å². The third kappa shape index (κ3) is 4.10. The Balaban J connectivity index is 1.88. The Morgan fingerprint density at radius 1 is 1.11 bits per heavy atom. The van der Waals surface area contributed by atoms with E-state index in [2.05, 4.69) is 62.5 Å². The van der Waals surface area contributed by atoms with E-state index in [-0.39, 0.29) is 31.4 Å². The summed E-state index contributed by atoms with van der Waals surface area (Å²) in [5, 5.41) is 8.93. The van der Waals surface area contributed by atoms with Crippen LogP contribution in [0.25, 0.3) is 0 Å². The molecule has 1 heterocycles. The van der Waals surface area contributed by atoms with Gasteiger partial charge >= 0.3 is 168 Å². The second-order valence-corrected chi connectivity index (χ2v) is 10.3. The van der Waals surface area contributed by atoms with Crippen LogP contribution in [-0.4, -0.2) is 31.0 Å². The van der Waals surface area contributed by atoms with E-state index in [1.807, 2.05) is 0 Å². The van der Waals surface area contributed by atoms with Crippen molar-refractivity contribution in [2.24, 2.45) is 0 Å². The number of aromatic nitrogens is 1. The number of nitrogens with zero attached hydrogens (tertiary/aromatic N) is 1. The third-order valence-electron chi connectivity index (χ3n) is 5.50. The zero-order chi connectivity index (χ0) is 19.8. The van der Waals surface area contributed by atoms with E-state index in [4.69, 9.17) is 5.11 Å². The number of aromatic carboxylic acids is 1. The van der Waals surface area contributed by atoms with Gasteiger partial charge in [-0.3, -0.25) is 0 Å². The van der Waals surface area contributed by atoms with Crippen molar-refractivity contribution in [1.29, 1.82) is 0 Å². The molecule has 0 unspecified atom stereocenters. The zero-order valence-corrected chi connectivity index (χ0v) is 18.2. The van der Waals surface area contributed by atoms with Crippen LogP contribution in [0.2, 0.25) is 0 Å². The van der Waals surface area contributed by atoms with Gasteiger partial charge < -0.3 is 0 Å². The number of carboxylic acid groups (broad SMARTS) is 1. The van der Waals surface area contributed by atoms with Gasteiger partial charge in [-0.15, -0.1) is 0 Å². The first-order valence-electron chi connectivity index (χ1n) is 9.13. The maximum atomic E-state index is 10.9. The Morgan fingerprint density at radius 3 is 2.30 bits per heavy atom. The third-order valence-corrected chi connectivity index (χ3v) is 7.31. The van der Waals surface area contributed by atoms with E-state index in [0.717, 1.165) is 0 Å². The molecule has 1 aromatic heterocycles. The molecule has 0 atom stereocenters.